The van der Waals surface area contributed by atoms with Crippen molar-refractivity contribution in [1.29, 1.82) is 0 Å². The molecule has 1 saturated carbocycles. The van der Waals surface area contributed by atoms with Crippen LogP contribution in [-0.2, 0) is 4.74 Å². The minimum atomic E-state index is 0.277. The van der Waals surface area contributed by atoms with Crippen LogP contribution in [0.1, 0.15) is 45.4 Å². The normalized spacial score (nSPS) is 31.7. The van der Waals surface area contributed by atoms with E-state index in [0.29, 0.717) is 18.2 Å². The molecule has 0 aromatic rings. The molecule has 3 heteroatoms. The Morgan fingerprint density at radius 3 is 2.50 bits per heavy atom. The summed E-state index contributed by atoms with van der Waals surface area (Å²) < 4.78 is 5.87. The van der Waals surface area contributed by atoms with Crippen molar-refractivity contribution in [3.63, 3.8) is 0 Å². The third-order valence-corrected chi connectivity index (χ3v) is 3.99. The average molecular weight is 227 g/mol. The molecule has 2 atom stereocenters. The summed E-state index contributed by atoms with van der Waals surface area (Å²) in [6.45, 7) is 4.28. The van der Waals surface area contributed by atoms with Crippen LogP contribution in [-0.4, -0.2) is 48.0 Å². The Kier molecular flexibility index (Phi) is 4.62. The van der Waals surface area contributed by atoms with Gasteiger partial charge in [0.15, 0.2) is 0 Å². The van der Waals surface area contributed by atoms with Crippen LogP contribution in [0.25, 0.3) is 0 Å². The standard InChI is InChI=1S/C13H25NO2/c1-11-6-7-13(16-11)10-14(8-9-15)12-4-2-3-5-12/h11-13,15H,2-10H2,1H3. The van der Waals surface area contributed by atoms with Gasteiger partial charge >= 0.3 is 0 Å². The van der Waals surface area contributed by atoms with E-state index in [1.165, 1.54) is 38.5 Å². The Balaban J connectivity index is 1.81. The van der Waals surface area contributed by atoms with Gasteiger partial charge in [0, 0.05) is 19.1 Å². The predicted octanol–water partition coefficient (Wildman–Crippen LogP) is 1.79. The molecule has 1 aliphatic heterocycles. The zero-order chi connectivity index (χ0) is 11.4. The summed E-state index contributed by atoms with van der Waals surface area (Å²) in [5.74, 6) is 0. The molecule has 2 rings (SSSR count). The second-order valence-electron chi connectivity index (χ2n) is 5.30. The first-order valence-electron chi connectivity index (χ1n) is 6.80. The molecule has 2 fully saturated rings. The smallest absolute Gasteiger partial charge is 0.0706 e. The zero-order valence-electron chi connectivity index (χ0n) is 10.4. The van der Waals surface area contributed by atoms with Crippen LogP contribution in [0, 0.1) is 0 Å². The highest BCUT2D eigenvalue weighted by molar-refractivity contribution is 4.81. The van der Waals surface area contributed by atoms with Crippen molar-refractivity contribution in [2.75, 3.05) is 19.7 Å². The van der Waals surface area contributed by atoms with E-state index >= 15 is 0 Å². The molecule has 0 amide bonds. The van der Waals surface area contributed by atoms with Crippen LogP contribution >= 0.6 is 0 Å². The van der Waals surface area contributed by atoms with E-state index in [0.717, 1.165) is 13.1 Å². The van der Waals surface area contributed by atoms with E-state index in [2.05, 4.69) is 11.8 Å². The second kappa shape index (κ2) is 5.99. The van der Waals surface area contributed by atoms with Crippen LogP contribution in [0.4, 0.5) is 0 Å². The van der Waals surface area contributed by atoms with E-state index in [9.17, 15) is 0 Å². The third kappa shape index (κ3) is 3.19. The fraction of sp³-hybridized carbons (Fsp3) is 1.00. The summed E-state index contributed by atoms with van der Waals surface area (Å²) in [5, 5.41) is 9.14. The van der Waals surface area contributed by atoms with Crippen LogP contribution in [0.5, 0.6) is 0 Å². The summed E-state index contributed by atoms with van der Waals surface area (Å²) in [4.78, 5) is 2.45. The molecule has 3 nitrogen and oxygen atoms in total. The third-order valence-electron chi connectivity index (χ3n) is 3.99. The number of hydrogen-bond donors (Lipinski definition) is 1. The summed E-state index contributed by atoms with van der Waals surface area (Å²) in [6, 6.07) is 0.701. The van der Waals surface area contributed by atoms with Crippen molar-refractivity contribution in [2.45, 2.75) is 63.7 Å². The number of rotatable bonds is 5. The van der Waals surface area contributed by atoms with Crippen LogP contribution < -0.4 is 0 Å². The van der Waals surface area contributed by atoms with Crippen molar-refractivity contribution in [2.24, 2.45) is 0 Å². The minimum Gasteiger partial charge on any atom is -0.395 e. The van der Waals surface area contributed by atoms with Gasteiger partial charge in [0.2, 0.25) is 0 Å². The maximum atomic E-state index is 9.14. The molecule has 0 bridgehead atoms. The van der Waals surface area contributed by atoms with Gasteiger partial charge in [-0.25, -0.2) is 0 Å². The number of aliphatic hydroxyl groups excluding tert-OH is 1. The van der Waals surface area contributed by atoms with Crippen molar-refractivity contribution in [3.8, 4) is 0 Å². The van der Waals surface area contributed by atoms with Gasteiger partial charge in [-0.2, -0.15) is 0 Å². The Hall–Kier alpha value is -0.120. The SMILES string of the molecule is CC1CCC(CN(CCO)C2CCCC2)O1. The lowest BCUT2D eigenvalue weighted by Crippen LogP contribution is -2.41. The highest BCUT2D eigenvalue weighted by Crippen LogP contribution is 2.26. The first kappa shape index (κ1) is 12.3. The monoisotopic (exact) mass is 227 g/mol. The van der Waals surface area contributed by atoms with E-state index in [1.807, 2.05) is 0 Å². The van der Waals surface area contributed by atoms with Crippen molar-refractivity contribution in [1.82, 2.24) is 4.90 Å². The molecule has 2 unspecified atom stereocenters. The average Bonchev–Trinajstić information content (AvgIpc) is 2.88. The Morgan fingerprint density at radius 2 is 1.94 bits per heavy atom. The van der Waals surface area contributed by atoms with Gasteiger partial charge < -0.3 is 9.84 Å². The first-order chi connectivity index (χ1) is 7.79. The molecule has 1 N–H and O–H groups in total. The van der Waals surface area contributed by atoms with E-state index < -0.39 is 0 Å². The fourth-order valence-electron chi connectivity index (χ4n) is 3.10. The molecule has 94 valence electrons. The van der Waals surface area contributed by atoms with Gasteiger partial charge in [-0.1, -0.05) is 12.8 Å². The summed E-state index contributed by atoms with van der Waals surface area (Å²) in [5.41, 5.74) is 0. The number of hydrogen-bond acceptors (Lipinski definition) is 3. The zero-order valence-corrected chi connectivity index (χ0v) is 10.4. The second-order valence-corrected chi connectivity index (χ2v) is 5.30. The molecule has 0 radical (unpaired) electrons. The summed E-state index contributed by atoms with van der Waals surface area (Å²) in [7, 11) is 0. The lowest BCUT2D eigenvalue weighted by atomic mass is 10.1. The van der Waals surface area contributed by atoms with Crippen molar-refractivity contribution in [3.05, 3.63) is 0 Å². The van der Waals surface area contributed by atoms with Crippen LogP contribution in [0.15, 0.2) is 0 Å². The molecular formula is C13H25NO2. The van der Waals surface area contributed by atoms with Crippen LogP contribution in [0.2, 0.25) is 0 Å². The van der Waals surface area contributed by atoms with Crippen molar-refractivity contribution >= 4 is 0 Å². The summed E-state index contributed by atoms with van der Waals surface area (Å²) in [6.07, 6.45) is 8.55. The van der Waals surface area contributed by atoms with Gasteiger partial charge in [0.05, 0.1) is 18.8 Å². The lowest BCUT2D eigenvalue weighted by Gasteiger charge is -2.30. The van der Waals surface area contributed by atoms with Gasteiger partial charge in [-0.3, -0.25) is 4.90 Å². The van der Waals surface area contributed by atoms with Crippen molar-refractivity contribution < 1.29 is 9.84 Å². The van der Waals surface area contributed by atoms with E-state index in [4.69, 9.17) is 9.84 Å². The number of ether oxygens (including phenoxy) is 1. The topological polar surface area (TPSA) is 32.7 Å². The maximum absolute atomic E-state index is 9.14. The Morgan fingerprint density at radius 1 is 1.19 bits per heavy atom. The van der Waals surface area contributed by atoms with Gasteiger partial charge in [-0.15, -0.1) is 0 Å². The summed E-state index contributed by atoms with van der Waals surface area (Å²) >= 11 is 0. The quantitative estimate of drug-likeness (QED) is 0.777. The van der Waals surface area contributed by atoms with Gasteiger partial charge in [-0.05, 0) is 32.6 Å². The fourth-order valence-corrected chi connectivity index (χ4v) is 3.10. The van der Waals surface area contributed by atoms with E-state index in [-0.39, 0.29) is 6.61 Å². The number of nitrogens with zero attached hydrogens (tertiary/aromatic N) is 1. The maximum Gasteiger partial charge on any atom is 0.0706 e. The largest absolute Gasteiger partial charge is 0.395 e. The molecule has 0 aromatic carbocycles. The predicted molar refractivity (Wildman–Crippen MR) is 64.5 cm³/mol. The van der Waals surface area contributed by atoms with Crippen LogP contribution in [0.3, 0.4) is 0 Å². The highest BCUT2D eigenvalue weighted by Gasteiger charge is 2.28. The first-order valence-corrected chi connectivity index (χ1v) is 6.80. The Bertz CT molecular complexity index is 204. The Labute approximate surface area is 98.8 Å². The molecule has 1 aliphatic carbocycles. The highest BCUT2D eigenvalue weighted by atomic mass is 16.5. The molecule has 1 heterocycles. The molecule has 0 spiro atoms. The number of aliphatic hydroxyl groups is 1. The van der Waals surface area contributed by atoms with Gasteiger partial charge in [0.25, 0.3) is 0 Å². The molecule has 0 aromatic heterocycles. The van der Waals surface area contributed by atoms with Gasteiger partial charge in [0.1, 0.15) is 0 Å². The molecule has 16 heavy (non-hydrogen) atoms. The molecule has 2 aliphatic rings. The molecule has 1 saturated heterocycles. The van der Waals surface area contributed by atoms with E-state index in [1.54, 1.807) is 0 Å². The molecular weight excluding hydrogens is 202 g/mol. The lowest BCUT2D eigenvalue weighted by molar-refractivity contribution is 0.0175. The minimum absolute atomic E-state index is 0.277.